The third-order valence-electron chi connectivity index (χ3n) is 5.53. The van der Waals surface area contributed by atoms with Gasteiger partial charge in [-0.2, -0.15) is 0 Å². The molecule has 1 aliphatic rings. The number of rotatable bonds is 7. The number of fused-ring (bicyclic) bond motifs is 1. The van der Waals surface area contributed by atoms with Crippen molar-refractivity contribution in [3.05, 3.63) is 53.3 Å². The van der Waals surface area contributed by atoms with Crippen LogP contribution >= 0.6 is 23.1 Å². The molecule has 3 aromatic rings. The van der Waals surface area contributed by atoms with Crippen LogP contribution in [0.3, 0.4) is 0 Å². The molecule has 0 aliphatic carbocycles. The van der Waals surface area contributed by atoms with Gasteiger partial charge in [-0.3, -0.25) is 19.6 Å². The van der Waals surface area contributed by atoms with Crippen LogP contribution < -0.4 is 4.74 Å². The van der Waals surface area contributed by atoms with E-state index in [1.807, 2.05) is 11.0 Å². The maximum Gasteiger partial charge on any atom is 0.322 e. The van der Waals surface area contributed by atoms with Gasteiger partial charge in [-0.05, 0) is 29.6 Å². The minimum Gasteiger partial charge on any atom is -0.497 e. The van der Waals surface area contributed by atoms with Crippen molar-refractivity contribution in [2.24, 2.45) is 0 Å². The van der Waals surface area contributed by atoms with E-state index in [1.165, 1.54) is 4.21 Å². The number of aliphatic carboxylic acids is 1. The Labute approximate surface area is 200 Å². The SMILES string of the molecule is COc1ccc2ncc(F)c(C#CCN3CCN(CCSc4cccs4)C[C@@H]3C(=O)O)c2c1. The van der Waals surface area contributed by atoms with Crippen molar-refractivity contribution in [3.63, 3.8) is 0 Å². The second kappa shape index (κ2) is 11.0. The predicted octanol–water partition coefficient (Wildman–Crippen LogP) is 3.66. The highest BCUT2D eigenvalue weighted by atomic mass is 32.2. The van der Waals surface area contributed by atoms with Crippen LogP contribution in [0.4, 0.5) is 4.39 Å². The molecule has 172 valence electrons. The molecule has 0 radical (unpaired) electrons. The number of thiophene rings is 1. The van der Waals surface area contributed by atoms with Crippen molar-refractivity contribution in [2.45, 2.75) is 10.3 Å². The molecule has 1 atom stereocenters. The fourth-order valence-corrected chi connectivity index (χ4v) is 5.62. The van der Waals surface area contributed by atoms with Crippen molar-refractivity contribution in [2.75, 3.05) is 45.6 Å². The van der Waals surface area contributed by atoms with Gasteiger partial charge < -0.3 is 9.84 Å². The zero-order valence-electron chi connectivity index (χ0n) is 18.2. The minimum atomic E-state index is -0.863. The monoisotopic (exact) mass is 485 g/mol. The average molecular weight is 486 g/mol. The zero-order valence-corrected chi connectivity index (χ0v) is 19.8. The van der Waals surface area contributed by atoms with Crippen LogP contribution in [0.15, 0.2) is 46.1 Å². The Kier molecular flexibility index (Phi) is 7.83. The summed E-state index contributed by atoms with van der Waals surface area (Å²) in [5, 5.41) is 12.4. The van der Waals surface area contributed by atoms with Gasteiger partial charge in [0.15, 0.2) is 5.82 Å². The molecule has 9 heteroatoms. The summed E-state index contributed by atoms with van der Waals surface area (Å²) in [4.78, 5) is 20.0. The summed E-state index contributed by atoms with van der Waals surface area (Å²) in [5.41, 5.74) is 0.869. The predicted molar refractivity (Wildman–Crippen MR) is 130 cm³/mol. The minimum absolute atomic E-state index is 0.245. The maximum absolute atomic E-state index is 14.5. The number of nitrogens with zero attached hydrogens (tertiary/aromatic N) is 3. The second-order valence-electron chi connectivity index (χ2n) is 7.57. The molecule has 0 amide bonds. The van der Waals surface area contributed by atoms with Gasteiger partial charge in [0.25, 0.3) is 0 Å². The average Bonchev–Trinajstić information content (AvgIpc) is 3.34. The van der Waals surface area contributed by atoms with Crippen molar-refractivity contribution in [1.29, 1.82) is 0 Å². The molecule has 33 heavy (non-hydrogen) atoms. The van der Waals surface area contributed by atoms with E-state index in [0.29, 0.717) is 29.7 Å². The first-order valence-corrected chi connectivity index (χ1v) is 12.4. The van der Waals surface area contributed by atoms with Crippen molar-refractivity contribution in [3.8, 4) is 17.6 Å². The largest absolute Gasteiger partial charge is 0.497 e. The van der Waals surface area contributed by atoms with E-state index in [-0.39, 0.29) is 12.1 Å². The molecule has 0 unspecified atom stereocenters. The van der Waals surface area contributed by atoms with Crippen LogP contribution in [0.5, 0.6) is 5.75 Å². The normalized spacial score (nSPS) is 17.0. The number of ether oxygens (including phenoxy) is 1. The second-order valence-corrected chi connectivity index (χ2v) is 9.91. The number of halogens is 1. The number of thioether (sulfide) groups is 1. The van der Waals surface area contributed by atoms with E-state index in [2.05, 4.69) is 33.2 Å². The lowest BCUT2D eigenvalue weighted by molar-refractivity contribution is -0.145. The quantitative estimate of drug-likeness (QED) is 0.405. The Morgan fingerprint density at radius 1 is 1.39 bits per heavy atom. The Bertz CT molecular complexity index is 1180. The van der Waals surface area contributed by atoms with Crippen molar-refractivity contribution < 1.29 is 19.0 Å². The van der Waals surface area contributed by atoms with Gasteiger partial charge in [0.05, 0.1) is 35.1 Å². The van der Waals surface area contributed by atoms with Crippen molar-refractivity contribution >= 4 is 40.0 Å². The third kappa shape index (κ3) is 5.84. The summed E-state index contributed by atoms with van der Waals surface area (Å²) in [6, 6.07) is 8.72. The number of methoxy groups -OCH3 is 1. The number of benzene rings is 1. The van der Waals surface area contributed by atoms with Gasteiger partial charge in [0.1, 0.15) is 11.8 Å². The number of hydrogen-bond acceptors (Lipinski definition) is 7. The smallest absolute Gasteiger partial charge is 0.322 e. The Morgan fingerprint density at radius 3 is 3.03 bits per heavy atom. The molecule has 0 saturated carbocycles. The molecule has 1 aromatic carbocycles. The molecule has 4 rings (SSSR count). The number of aromatic nitrogens is 1. The molecule has 1 N–H and O–H groups in total. The fourth-order valence-electron chi connectivity index (χ4n) is 3.76. The van der Waals surface area contributed by atoms with Crippen LogP contribution in [-0.2, 0) is 4.79 Å². The summed E-state index contributed by atoms with van der Waals surface area (Å²) in [6.45, 7) is 2.92. The summed E-state index contributed by atoms with van der Waals surface area (Å²) in [6.07, 6.45) is 1.16. The molecule has 1 fully saturated rings. The zero-order chi connectivity index (χ0) is 23.2. The molecule has 1 saturated heterocycles. The summed E-state index contributed by atoms with van der Waals surface area (Å²) in [5.74, 6) is 6.03. The van der Waals surface area contributed by atoms with Gasteiger partial charge in [-0.15, -0.1) is 23.1 Å². The van der Waals surface area contributed by atoms with Crippen molar-refractivity contribution in [1.82, 2.24) is 14.8 Å². The summed E-state index contributed by atoms with van der Waals surface area (Å²) >= 11 is 3.51. The number of hydrogen-bond donors (Lipinski definition) is 1. The first-order valence-electron chi connectivity index (χ1n) is 10.5. The van der Waals surface area contributed by atoms with E-state index in [4.69, 9.17) is 4.74 Å². The van der Waals surface area contributed by atoms with E-state index >= 15 is 0 Å². The highest BCUT2D eigenvalue weighted by Gasteiger charge is 2.31. The van der Waals surface area contributed by atoms with Gasteiger partial charge in [0, 0.05) is 37.3 Å². The van der Waals surface area contributed by atoms with Gasteiger partial charge in [-0.25, -0.2) is 4.39 Å². The molecule has 1 aliphatic heterocycles. The third-order valence-corrected chi connectivity index (χ3v) is 7.64. The molecule has 2 aromatic heterocycles. The number of pyridine rings is 1. The van der Waals surface area contributed by atoms with E-state index in [9.17, 15) is 14.3 Å². The Balaban J connectivity index is 1.41. The van der Waals surface area contributed by atoms with Crippen LogP contribution in [0.25, 0.3) is 10.9 Å². The lowest BCUT2D eigenvalue weighted by Gasteiger charge is -2.38. The van der Waals surface area contributed by atoms with Crippen LogP contribution in [0, 0.1) is 17.7 Å². The lowest BCUT2D eigenvalue weighted by Crippen LogP contribution is -2.56. The van der Waals surface area contributed by atoms with E-state index in [1.54, 1.807) is 48.4 Å². The van der Waals surface area contributed by atoms with E-state index < -0.39 is 17.8 Å². The Morgan fingerprint density at radius 2 is 2.27 bits per heavy atom. The van der Waals surface area contributed by atoms with E-state index in [0.717, 1.165) is 25.0 Å². The van der Waals surface area contributed by atoms with Gasteiger partial charge in [0.2, 0.25) is 0 Å². The molecule has 0 spiro atoms. The molecule has 0 bridgehead atoms. The first-order chi connectivity index (χ1) is 16.0. The Hall–Kier alpha value is -2.64. The highest BCUT2D eigenvalue weighted by molar-refractivity contribution is 8.01. The topological polar surface area (TPSA) is 65.9 Å². The highest BCUT2D eigenvalue weighted by Crippen LogP contribution is 2.25. The van der Waals surface area contributed by atoms with Gasteiger partial charge >= 0.3 is 5.97 Å². The van der Waals surface area contributed by atoms with Crippen LogP contribution in [-0.4, -0.2) is 77.5 Å². The molecular formula is C24H24FN3O3S2. The first kappa shape index (κ1) is 23.5. The standard InChI is InChI=1S/C24H24FN3O3S2/c1-31-17-6-7-21-19(14-17)18(20(25)15-26-21)4-2-8-28-10-9-27(16-22(28)24(29)30)11-13-33-23-5-3-12-32-23/h3,5-7,12,14-15,22H,8-11,13,16H2,1H3,(H,29,30)/t22-/m1/s1. The van der Waals surface area contributed by atoms with Crippen LogP contribution in [0.1, 0.15) is 5.56 Å². The van der Waals surface area contributed by atoms with Crippen LogP contribution in [0.2, 0.25) is 0 Å². The summed E-state index contributed by atoms with van der Waals surface area (Å²) in [7, 11) is 1.55. The lowest BCUT2D eigenvalue weighted by atomic mass is 10.1. The molecular weight excluding hydrogens is 461 g/mol. The summed E-state index contributed by atoms with van der Waals surface area (Å²) < 4.78 is 21.0. The number of piperazine rings is 1. The fraction of sp³-hybridized carbons (Fsp3) is 0.333. The molecule has 6 nitrogen and oxygen atoms in total. The van der Waals surface area contributed by atoms with Gasteiger partial charge in [-0.1, -0.05) is 17.9 Å². The number of carboxylic acids is 1. The number of carboxylic acid groups (broad SMARTS) is 1. The number of carbonyl (C=O) groups is 1. The maximum atomic E-state index is 14.5. The molecule has 3 heterocycles.